The van der Waals surface area contributed by atoms with Gasteiger partial charge < -0.3 is 11.1 Å². The van der Waals surface area contributed by atoms with Crippen LogP contribution in [-0.4, -0.2) is 18.0 Å². The number of hydrogen-bond acceptors (Lipinski definition) is 2. The lowest BCUT2D eigenvalue weighted by Gasteiger charge is -2.35. The molecule has 2 aliphatic carbocycles. The van der Waals surface area contributed by atoms with Crippen LogP contribution in [0.4, 0.5) is 0 Å². The van der Waals surface area contributed by atoms with Crippen LogP contribution in [-0.2, 0) is 4.79 Å². The van der Waals surface area contributed by atoms with E-state index >= 15 is 0 Å². The molecule has 0 saturated heterocycles. The molecular formula is C15H28N2O. The Kier molecular flexibility index (Phi) is 4.00. The second-order valence-corrected chi connectivity index (χ2v) is 6.85. The fourth-order valence-electron chi connectivity index (χ4n) is 3.50. The summed E-state index contributed by atoms with van der Waals surface area (Å²) < 4.78 is 0. The van der Waals surface area contributed by atoms with Crippen LogP contribution in [0.15, 0.2) is 0 Å². The van der Waals surface area contributed by atoms with Crippen LogP contribution >= 0.6 is 0 Å². The van der Waals surface area contributed by atoms with Gasteiger partial charge in [0, 0.05) is 12.1 Å². The van der Waals surface area contributed by atoms with Crippen molar-refractivity contribution in [1.82, 2.24) is 5.32 Å². The van der Waals surface area contributed by atoms with Crippen LogP contribution in [0.2, 0.25) is 0 Å². The summed E-state index contributed by atoms with van der Waals surface area (Å²) >= 11 is 0. The molecule has 2 fully saturated rings. The molecular weight excluding hydrogens is 224 g/mol. The van der Waals surface area contributed by atoms with Crippen molar-refractivity contribution in [3.8, 4) is 0 Å². The number of carbonyl (C=O) groups excluding carboxylic acids is 1. The Bertz CT molecular complexity index is 318. The summed E-state index contributed by atoms with van der Waals surface area (Å²) in [7, 11) is 0. The first-order chi connectivity index (χ1) is 8.43. The first kappa shape index (κ1) is 13.9. The van der Waals surface area contributed by atoms with Gasteiger partial charge in [-0.25, -0.2) is 0 Å². The van der Waals surface area contributed by atoms with Crippen LogP contribution < -0.4 is 11.1 Å². The molecule has 5 atom stereocenters. The SMILES string of the molecule is CC1CCC(NC(=O)C2(C)CCCC2N)CC1C. The lowest BCUT2D eigenvalue weighted by molar-refractivity contribution is -0.131. The van der Waals surface area contributed by atoms with Crippen LogP contribution in [0.25, 0.3) is 0 Å². The van der Waals surface area contributed by atoms with Gasteiger partial charge in [-0.2, -0.15) is 0 Å². The third kappa shape index (κ3) is 2.56. The van der Waals surface area contributed by atoms with Gasteiger partial charge in [-0.3, -0.25) is 4.79 Å². The van der Waals surface area contributed by atoms with Gasteiger partial charge in [0.2, 0.25) is 5.91 Å². The molecule has 3 N–H and O–H groups in total. The molecule has 0 aromatic heterocycles. The molecule has 0 aliphatic heterocycles. The maximum atomic E-state index is 12.4. The monoisotopic (exact) mass is 252 g/mol. The lowest BCUT2D eigenvalue weighted by atomic mass is 9.78. The van der Waals surface area contributed by atoms with E-state index in [1.807, 2.05) is 6.92 Å². The zero-order valence-corrected chi connectivity index (χ0v) is 12.0. The molecule has 0 radical (unpaired) electrons. The molecule has 0 aromatic carbocycles. The molecule has 18 heavy (non-hydrogen) atoms. The van der Waals surface area contributed by atoms with Crippen molar-refractivity contribution < 1.29 is 4.79 Å². The summed E-state index contributed by atoms with van der Waals surface area (Å²) in [6.07, 6.45) is 6.50. The van der Waals surface area contributed by atoms with Crippen molar-refractivity contribution >= 4 is 5.91 Å². The summed E-state index contributed by atoms with van der Waals surface area (Å²) in [6, 6.07) is 0.408. The quantitative estimate of drug-likeness (QED) is 0.793. The van der Waals surface area contributed by atoms with Gasteiger partial charge in [-0.15, -0.1) is 0 Å². The first-order valence-electron chi connectivity index (χ1n) is 7.50. The average Bonchev–Trinajstić information content (AvgIpc) is 2.66. The molecule has 2 rings (SSSR count). The predicted octanol–water partition coefficient (Wildman–Crippen LogP) is 2.44. The minimum absolute atomic E-state index is 0.0393. The Hall–Kier alpha value is -0.570. The van der Waals surface area contributed by atoms with Crippen LogP contribution in [0.3, 0.4) is 0 Å². The molecule has 0 aromatic rings. The highest BCUT2D eigenvalue weighted by molar-refractivity contribution is 5.83. The third-order valence-electron chi connectivity index (χ3n) is 5.48. The highest BCUT2D eigenvalue weighted by Crippen LogP contribution is 2.37. The van der Waals surface area contributed by atoms with Crippen molar-refractivity contribution in [2.45, 2.75) is 71.4 Å². The Morgan fingerprint density at radius 2 is 1.94 bits per heavy atom. The molecule has 0 heterocycles. The Balaban J connectivity index is 1.92. The van der Waals surface area contributed by atoms with Crippen molar-refractivity contribution in [2.24, 2.45) is 23.0 Å². The van der Waals surface area contributed by atoms with Crippen LogP contribution in [0.5, 0.6) is 0 Å². The van der Waals surface area contributed by atoms with E-state index in [1.165, 1.54) is 6.42 Å². The normalized spacial score (nSPS) is 44.9. The van der Waals surface area contributed by atoms with Crippen molar-refractivity contribution in [3.05, 3.63) is 0 Å². The summed E-state index contributed by atoms with van der Waals surface area (Å²) in [5.74, 6) is 1.70. The smallest absolute Gasteiger partial charge is 0.227 e. The van der Waals surface area contributed by atoms with Gasteiger partial charge >= 0.3 is 0 Å². The van der Waals surface area contributed by atoms with Crippen LogP contribution in [0.1, 0.15) is 59.3 Å². The van der Waals surface area contributed by atoms with Crippen molar-refractivity contribution in [2.75, 3.05) is 0 Å². The van der Waals surface area contributed by atoms with Crippen molar-refractivity contribution in [1.29, 1.82) is 0 Å². The van der Waals surface area contributed by atoms with E-state index in [0.717, 1.165) is 38.0 Å². The predicted molar refractivity (Wildman–Crippen MR) is 74.0 cm³/mol. The summed E-state index contributed by atoms with van der Waals surface area (Å²) in [4.78, 5) is 12.4. The van der Waals surface area contributed by atoms with Gasteiger partial charge in [-0.05, 0) is 50.9 Å². The van der Waals surface area contributed by atoms with E-state index in [9.17, 15) is 4.79 Å². The van der Waals surface area contributed by atoms with E-state index < -0.39 is 0 Å². The van der Waals surface area contributed by atoms with Gasteiger partial charge in [0.25, 0.3) is 0 Å². The standard InChI is InChI=1S/C15H28N2O/c1-10-6-7-12(9-11(10)2)17-14(18)15(3)8-4-5-13(15)16/h10-13H,4-9,16H2,1-3H3,(H,17,18). The van der Waals surface area contributed by atoms with E-state index in [4.69, 9.17) is 5.73 Å². The molecule has 2 aliphatic rings. The second kappa shape index (κ2) is 5.20. The zero-order valence-electron chi connectivity index (χ0n) is 12.0. The van der Waals surface area contributed by atoms with E-state index in [0.29, 0.717) is 12.0 Å². The number of nitrogens with two attached hydrogens (primary N) is 1. The Morgan fingerprint density at radius 1 is 1.22 bits per heavy atom. The van der Waals surface area contributed by atoms with Gasteiger partial charge in [-0.1, -0.05) is 20.3 Å². The molecule has 104 valence electrons. The molecule has 5 unspecified atom stereocenters. The fourth-order valence-corrected chi connectivity index (χ4v) is 3.50. The maximum absolute atomic E-state index is 12.4. The van der Waals surface area contributed by atoms with Gasteiger partial charge in [0.05, 0.1) is 5.41 Å². The minimum atomic E-state index is -0.327. The number of carbonyl (C=O) groups is 1. The zero-order chi connectivity index (χ0) is 13.3. The van der Waals surface area contributed by atoms with Crippen molar-refractivity contribution in [3.63, 3.8) is 0 Å². The first-order valence-corrected chi connectivity index (χ1v) is 7.50. The lowest BCUT2D eigenvalue weighted by Crippen LogP contribution is -2.51. The highest BCUT2D eigenvalue weighted by Gasteiger charge is 2.43. The average molecular weight is 252 g/mol. The maximum Gasteiger partial charge on any atom is 0.227 e. The second-order valence-electron chi connectivity index (χ2n) is 6.85. The molecule has 3 heteroatoms. The molecule has 1 amide bonds. The third-order valence-corrected chi connectivity index (χ3v) is 5.48. The molecule has 3 nitrogen and oxygen atoms in total. The van der Waals surface area contributed by atoms with E-state index in [-0.39, 0.29) is 17.4 Å². The van der Waals surface area contributed by atoms with Gasteiger partial charge in [0.1, 0.15) is 0 Å². The van der Waals surface area contributed by atoms with Crippen LogP contribution in [0, 0.1) is 17.3 Å². The number of nitrogens with one attached hydrogen (secondary N) is 1. The topological polar surface area (TPSA) is 55.1 Å². The number of amides is 1. The Labute approximate surface area is 111 Å². The highest BCUT2D eigenvalue weighted by atomic mass is 16.2. The Morgan fingerprint density at radius 3 is 2.50 bits per heavy atom. The number of hydrogen-bond donors (Lipinski definition) is 2. The molecule has 0 bridgehead atoms. The molecule has 2 saturated carbocycles. The largest absolute Gasteiger partial charge is 0.353 e. The van der Waals surface area contributed by atoms with E-state index in [2.05, 4.69) is 19.2 Å². The van der Waals surface area contributed by atoms with E-state index in [1.54, 1.807) is 0 Å². The summed E-state index contributed by atoms with van der Waals surface area (Å²) in [5, 5.41) is 3.26. The number of rotatable bonds is 2. The minimum Gasteiger partial charge on any atom is -0.353 e. The van der Waals surface area contributed by atoms with Gasteiger partial charge in [0.15, 0.2) is 0 Å². The fraction of sp³-hybridized carbons (Fsp3) is 0.933. The summed E-state index contributed by atoms with van der Waals surface area (Å²) in [6.45, 7) is 6.65. The summed E-state index contributed by atoms with van der Waals surface area (Å²) in [5.41, 5.74) is 5.78. The molecule has 0 spiro atoms.